The number of anilines is 1. The van der Waals surface area contributed by atoms with Crippen molar-refractivity contribution in [2.75, 3.05) is 25.5 Å². The highest BCUT2D eigenvalue weighted by atomic mass is 16.6. The molecule has 2 aromatic carbocycles. The highest BCUT2D eigenvalue weighted by molar-refractivity contribution is 5.93. The third-order valence-corrected chi connectivity index (χ3v) is 4.29. The van der Waals surface area contributed by atoms with Crippen molar-refractivity contribution >= 4 is 11.6 Å². The Bertz CT molecular complexity index is 690. The number of nitrogens with one attached hydrogen (secondary N) is 2. The largest absolute Gasteiger partial charge is 0.486 e. The maximum Gasteiger partial charge on any atom is 0.282 e. The first-order valence-corrected chi connectivity index (χ1v) is 8.20. The van der Waals surface area contributed by atoms with E-state index in [-0.39, 0.29) is 18.1 Å². The minimum absolute atomic E-state index is 0.00386. The molecule has 0 saturated heterocycles. The van der Waals surface area contributed by atoms with Crippen molar-refractivity contribution in [2.45, 2.75) is 19.1 Å². The van der Waals surface area contributed by atoms with Crippen molar-refractivity contribution in [1.29, 1.82) is 0 Å². The van der Waals surface area contributed by atoms with Crippen molar-refractivity contribution in [3.63, 3.8) is 0 Å². The van der Waals surface area contributed by atoms with Gasteiger partial charge in [-0.25, -0.2) is 0 Å². The Labute approximate surface area is 142 Å². The van der Waals surface area contributed by atoms with Crippen LogP contribution in [-0.2, 0) is 4.79 Å². The molecular formula is C19H23N2O3+. The zero-order valence-corrected chi connectivity index (χ0v) is 14.0. The highest BCUT2D eigenvalue weighted by Gasteiger charge is 2.28. The third-order valence-electron chi connectivity index (χ3n) is 4.29. The summed E-state index contributed by atoms with van der Waals surface area (Å²) in [5, 5.41) is 2.94. The van der Waals surface area contributed by atoms with Gasteiger partial charge in [0.25, 0.3) is 5.91 Å². The van der Waals surface area contributed by atoms with Crippen LogP contribution in [0.25, 0.3) is 0 Å². The van der Waals surface area contributed by atoms with Crippen LogP contribution in [0.2, 0.25) is 0 Å². The smallest absolute Gasteiger partial charge is 0.282 e. The second kappa shape index (κ2) is 7.36. The average molecular weight is 327 g/mol. The van der Waals surface area contributed by atoms with E-state index in [0.717, 1.165) is 22.1 Å². The van der Waals surface area contributed by atoms with Crippen LogP contribution < -0.4 is 19.7 Å². The molecule has 0 radical (unpaired) electrons. The first-order chi connectivity index (χ1) is 11.6. The number of benzene rings is 2. The predicted octanol–water partition coefficient (Wildman–Crippen LogP) is 1.37. The lowest BCUT2D eigenvalue weighted by atomic mass is 10.2. The van der Waals surface area contributed by atoms with Crippen LogP contribution in [0.5, 0.6) is 11.5 Å². The summed E-state index contributed by atoms with van der Waals surface area (Å²) < 4.78 is 11.7. The summed E-state index contributed by atoms with van der Waals surface area (Å²) in [6.07, 6.45) is -0.0631. The summed E-state index contributed by atoms with van der Waals surface area (Å²) in [5.74, 6) is 1.54. The molecule has 1 unspecified atom stereocenters. The number of quaternary nitrogens is 1. The summed E-state index contributed by atoms with van der Waals surface area (Å²) in [6, 6.07) is 17.0. The molecule has 0 aliphatic carbocycles. The Kier molecular flexibility index (Phi) is 5.01. The van der Waals surface area contributed by atoms with E-state index in [0.29, 0.717) is 13.2 Å². The molecule has 1 aliphatic rings. The lowest BCUT2D eigenvalue weighted by molar-refractivity contribution is -0.896. The minimum atomic E-state index is -0.189. The van der Waals surface area contributed by atoms with Gasteiger partial charge in [0.15, 0.2) is 23.6 Å². The number of carbonyl (C=O) groups is 1. The van der Waals surface area contributed by atoms with Gasteiger partial charge >= 0.3 is 0 Å². The van der Waals surface area contributed by atoms with E-state index in [1.54, 1.807) is 0 Å². The summed E-state index contributed by atoms with van der Waals surface area (Å²) in [7, 11) is 2.00. The van der Waals surface area contributed by atoms with Crippen LogP contribution in [-0.4, -0.2) is 38.3 Å². The fourth-order valence-electron chi connectivity index (χ4n) is 2.70. The molecule has 24 heavy (non-hydrogen) atoms. The molecule has 1 heterocycles. The number of hydrogen-bond donors (Lipinski definition) is 2. The van der Waals surface area contributed by atoms with Gasteiger partial charge in [0.05, 0.1) is 7.05 Å². The molecule has 1 amide bonds. The van der Waals surface area contributed by atoms with Gasteiger partial charge in [-0.1, -0.05) is 30.3 Å². The maximum atomic E-state index is 12.4. The number of amides is 1. The number of rotatable bonds is 5. The average Bonchev–Trinajstić information content (AvgIpc) is 2.61. The minimum Gasteiger partial charge on any atom is -0.486 e. The number of ether oxygens (including phenoxy) is 2. The van der Waals surface area contributed by atoms with E-state index >= 15 is 0 Å². The molecule has 5 nitrogen and oxygen atoms in total. The lowest BCUT2D eigenvalue weighted by Gasteiger charge is -2.29. The van der Waals surface area contributed by atoms with Crippen LogP contribution in [0.3, 0.4) is 0 Å². The molecule has 0 saturated carbocycles. The van der Waals surface area contributed by atoms with Crippen molar-refractivity contribution in [3.05, 3.63) is 54.6 Å². The second-order valence-electron chi connectivity index (χ2n) is 6.13. The molecule has 2 N–H and O–H groups in total. The molecule has 0 fully saturated rings. The van der Waals surface area contributed by atoms with Gasteiger partial charge in [-0.3, -0.25) is 4.79 Å². The van der Waals surface area contributed by atoms with Gasteiger partial charge in [0.2, 0.25) is 0 Å². The van der Waals surface area contributed by atoms with Crippen LogP contribution >= 0.6 is 0 Å². The highest BCUT2D eigenvalue weighted by Crippen LogP contribution is 2.30. The number of carbonyl (C=O) groups excluding carboxylic acids is 1. The third kappa shape index (κ3) is 3.86. The van der Waals surface area contributed by atoms with E-state index in [2.05, 4.69) is 5.32 Å². The van der Waals surface area contributed by atoms with E-state index in [9.17, 15) is 4.79 Å². The fourth-order valence-corrected chi connectivity index (χ4v) is 2.70. The summed E-state index contributed by atoms with van der Waals surface area (Å²) >= 11 is 0. The monoisotopic (exact) mass is 327 g/mol. The molecule has 0 spiro atoms. The zero-order valence-electron chi connectivity index (χ0n) is 14.0. The molecule has 0 bridgehead atoms. The Morgan fingerprint density at radius 2 is 1.83 bits per heavy atom. The van der Waals surface area contributed by atoms with Gasteiger partial charge in [-0.15, -0.1) is 0 Å². The zero-order chi connectivity index (χ0) is 16.9. The van der Waals surface area contributed by atoms with Gasteiger partial charge < -0.3 is 19.7 Å². The Morgan fingerprint density at radius 3 is 2.58 bits per heavy atom. The molecular weight excluding hydrogens is 304 g/mol. The van der Waals surface area contributed by atoms with Crippen LogP contribution in [0.4, 0.5) is 5.69 Å². The van der Waals surface area contributed by atoms with Crippen molar-refractivity contribution in [1.82, 2.24) is 0 Å². The molecule has 126 valence electrons. The van der Waals surface area contributed by atoms with Gasteiger partial charge in [-0.2, -0.15) is 0 Å². The standard InChI is InChI=1S/C19H22N2O3/c1-14(19(22)20-15-8-4-3-5-9-15)21(2)12-16-13-23-17-10-6-7-11-18(17)24-16/h3-11,14,16H,12-13H2,1-2H3,(H,20,22)/p+1/t14-,16+/m0/s1. The van der Waals surface area contributed by atoms with E-state index in [4.69, 9.17) is 9.47 Å². The van der Waals surface area contributed by atoms with Crippen molar-refractivity contribution in [2.24, 2.45) is 0 Å². The number of fused-ring (bicyclic) bond motifs is 1. The predicted molar refractivity (Wildman–Crippen MR) is 92.6 cm³/mol. The second-order valence-corrected chi connectivity index (χ2v) is 6.13. The van der Waals surface area contributed by atoms with E-state index in [1.165, 1.54) is 0 Å². The summed E-state index contributed by atoms with van der Waals surface area (Å²) in [5.41, 5.74) is 0.813. The SMILES string of the molecule is C[C@@H](C(=O)Nc1ccccc1)[NH+](C)C[C@@H]1COc2ccccc2O1. The molecule has 2 aromatic rings. The Morgan fingerprint density at radius 1 is 1.17 bits per heavy atom. The lowest BCUT2D eigenvalue weighted by Crippen LogP contribution is -3.15. The number of para-hydroxylation sites is 3. The van der Waals surface area contributed by atoms with Gasteiger partial charge in [0.1, 0.15) is 13.2 Å². The Hall–Kier alpha value is -2.53. The molecule has 5 heteroatoms. The van der Waals surface area contributed by atoms with Crippen molar-refractivity contribution < 1.29 is 19.2 Å². The topological polar surface area (TPSA) is 52.0 Å². The van der Waals surface area contributed by atoms with Crippen molar-refractivity contribution in [3.8, 4) is 11.5 Å². The maximum absolute atomic E-state index is 12.4. The number of hydrogen-bond acceptors (Lipinski definition) is 3. The van der Waals surface area contributed by atoms with Crippen LogP contribution in [0.15, 0.2) is 54.6 Å². The van der Waals surface area contributed by atoms with E-state index in [1.807, 2.05) is 68.6 Å². The molecule has 1 aliphatic heterocycles. The summed E-state index contributed by atoms with van der Waals surface area (Å²) in [4.78, 5) is 13.5. The quantitative estimate of drug-likeness (QED) is 0.872. The first kappa shape index (κ1) is 16.3. The van der Waals surface area contributed by atoms with Crippen LogP contribution in [0.1, 0.15) is 6.92 Å². The molecule has 3 rings (SSSR count). The van der Waals surface area contributed by atoms with Gasteiger partial charge in [0, 0.05) is 5.69 Å². The normalized spacial score (nSPS) is 18.5. The molecule has 3 atom stereocenters. The number of likely N-dealkylation sites (N-methyl/N-ethyl adjacent to an activating group) is 1. The van der Waals surface area contributed by atoms with Gasteiger partial charge in [-0.05, 0) is 31.2 Å². The fraction of sp³-hybridized carbons (Fsp3) is 0.316. The molecule has 0 aromatic heterocycles. The van der Waals surface area contributed by atoms with E-state index < -0.39 is 0 Å². The Balaban J connectivity index is 1.55. The van der Waals surface area contributed by atoms with Crippen LogP contribution in [0, 0.1) is 0 Å². The first-order valence-electron chi connectivity index (χ1n) is 8.20. The summed E-state index contributed by atoms with van der Waals surface area (Å²) in [6.45, 7) is 3.12.